The molecular weight excluding hydrogens is 287 g/mol. The van der Waals surface area contributed by atoms with Gasteiger partial charge in [-0.15, -0.1) is 0 Å². The molecule has 5 nitrogen and oxygen atoms in total. The van der Waals surface area contributed by atoms with Crippen LogP contribution < -0.4 is 14.9 Å². The summed E-state index contributed by atoms with van der Waals surface area (Å²) < 4.78 is 23.2. The molecule has 22 heavy (non-hydrogen) atoms. The summed E-state index contributed by atoms with van der Waals surface area (Å²) in [6, 6.07) is 10.5. The number of nitrogens with one attached hydrogen (secondary N) is 1. The molecule has 2 aromatic rings. The topological polar surface area (TPSA) is 59.9 Å². The molecule has 1 amide bonds. The van der Waals surface area contributed by atoms with E-state index >= 15 is 0 Å². The molecule has 0 saturated heterocycles. The lowest BCUT2D eigenvalue weighted by Gasteiger charge is -2.09. The number of halogens is 1. The van der Waals surface area contributed by atoms with Crippen LogP contribution in [-0.2, 0) is 0 Å². The summed E-state index contributed by atoms with van der Waals surface area (Å²) in [6.45, 7) is 0. The predicted octanol–water partition coefficient (Wildman–Crippen LogP) is 2.61. The van der Waals surface area contributed by atoms with Gasteiger partial charge in [-0.3, -0.25) is 4.79 Å². The second-order valence-corrected chi connectivity index (χ2v) is 4.29. The van der Waals surface area contributed by atoms with E-state index in [1.807, 2.05) is 0 Å². The van der Waals surface area contributed by atoms with Gasteiger partial charge in [0.2, 0.25) is 0 Å². The van der Waals surface area contributed by atoms with Crippen LogP contribution in [0.4, 0.5) is 4.39 Å². The molecule has 0 spiro atoms. The second kappa shape index (κ2) is 7.21. The summed E-state index contributed by atoms with van der Waals surface area (Å²) in [5.41, 5.74) is 3.34. The van der Waals surface area contributed by atoms with Crippen molar-refractivity contribution in [3.8, 4) is 11.5 Å². The largest absolute Gasteiger partial charge is 0.493 e. The summed E-state index contributed by atoms with van der Waals surface area (Å²) >= 11 is 0. The number of hydrazone groups is 1. The molecule has 0 unspecified atom stereocenters. The third-order valence-electron chi connectivity index (χ3n) is 2.91. The molecule has 2 aromatic carbocycles. The Bertz CT molecular complexity index is 684. The van der Waals surface area contributed by atoms with E-state index < -0.39 is 11.7 Å². The minimum atomic E-state index is -0.432. The van der Waals surface area contributed by atoms with E-state index in [9.17, 15) is 9.18 Å². The Labute approximate surface area is 127 Å². The number of para-hydroxylation sites is 1. The molecule has 0 atom stereocenters. The zero-order valence-corrected chi connectivity index (χ0v) is 12.2. The molecule has 0 saturated carbocycles. The van der Waals surface area contributed by atoms with Crippen LogP contribution in [-0.4, -0.2) is 26.3 Å². The van der Waals surface area contributed by atoms with Crippen molar-refractivity contribution in [3.05, 3.63) is 59.4 Å². The van der Waals surface area contributed by atoms with Gasteiger partial charge in [-0.05, 0) is 36.4 Å². The number of nitrogens with zero attached hydrogens (tertiary/aromatic N) is 1. The molecule has 6 heteroatoms. The Morgan fingerprint density at radius 1 is 1.14 bits per heavy atom. The molecule has 2 rings (SSSR count). The fourth-order valence-corrected chi connectivity index (χ4v) is 1.84. The Morgan fingerprint density at radius 3 is 2.50 bits per heavy atom. The Kier molecular flexibility index (Phi) is 5.08. The monoisotopic (exact) mass is 302 g/mol. The van der Waals surface area contributed by atoms with Crippen LogP contribution in [0.3, 0.4) is 0 Å². The van der Waals surface area contributed by atoms with Crippen LogP contribution in [0.5, 0.6) is 11.5 Å². The molecule has 0 aromatic heterocycles. The average molecular weight is 302 g/mol. The number of carbonyl (C=O) groups is 1. The van der Waals surface area contributed by atoms with Crippen LogP contribution in [0, 0.1) is 5.82 Å². The van der Waals surface area contributed by atoms with Crippen LogP contribution >= 0.6 is 0 Å². The molecule has 1 N–H and O–H groups in total. The van der Waals surface area contributed by atoms with Crippen LogP contribution in [0.15, 0.2) is 47.6 Å². The van der Waals surface area contributed by atoms with Crippen molar-refractivity contribution in [2.45, 2.75) is 0 Å². The average Bonchev–Trinajstić information content (AvgIpc) is 2.55. The summed E-state index contributed by atoms with van der Waals surface area (Å²) in [5, 5.41) is 3.87. The second-order valence-electron chi connectivity index (χ2n) is 4.29. The standard InChI is InChI=1S/C16H15FN2O3/c1-21-14-5-3-4-12(15(14)22-2)10-18-19-16(20)11-6-8-13(17)9-7-11/h3-10H,1-2H3,(H,19,20)/b18-10+. The number of benzene rings is 2. The highest BCUT2D eigenvalue weighted by atomic mass is 19.1. The van der Waals surface area contributed by atoms with Gasteiger partial charge in [0.05, 0.1) is 20.4 Å². The van der Waals surface area contributed by atoms with E-state index in [-0.39, 0.29) is 0 Å². The number of hydrogen-bond acceptors (Lipinski definition) is 4. The van der Waals surface area contributed by atoms with Gasteiger partial charge in [0.1, 0.15) is 5.82 Å². The first-order chi connectivity index (χ1) is 10.7. The molecule has 0 aliphatic heterocycles. The van der Waals surface area contributed by atoms with E-state index in [0.29, 0.717) is 22.6 Å². The van der Waals surface area contributed by atoms with Gasteiger partial charge in [0.15, 0.2) is 11.5 Å². The third-order valence-corrected chi connectivity index (χ3v) is 2.91. The van der Waals surface area contributed by atoms with E-state index in [0.717, 1.165) is 0 Å². The first-order valence-corrected chi connectivity index (χ1v) is 6.45. The summed E-state index contributed by atoms with van der Waals surface area (Å²) in [6.07, 6.45) is 1.45. The highest BCUT2D eigenvalue weighted by Gasteiger charge is 2.08. The summed E-state index contributed by atoms with van der Waals surface area (Å²) in [4.78, 5) is 11.8. The minimum Gasteiger partial charge on any atom is -0.493 e. The summed E-state index contributed by atoms with van der Waals surface area (Å²) in [5.74, 6) is 0.250. The quantitative estimate of drug-likeness (QED) is 0.682. The van der Waals surface area contributed by atoms with E-state index in [2.05, 4.69) is 10.5 Å². The van der Waals surface area contributed by atoms with Crippen molar-refractivity contribution in [3.63, 3.8) is 0 Å². The lowest BCUT2D eigenvalue weighted by Crippen LogP contribution is -2.17. The van der Waals surface area contributed by atoms with Crippen molar-refractivity contribution >= 4 is 12.1 Å². The molecule has 114 valence electrons. The molecule has 0 fully saturated rings. The first kappa shape index (κ1) is 15.5. The molecule has 0 aliphatic rings. The lowest BCUT2D eigenvalue weighted by molar-refractivity contribution is 0.0955. The highest BCUT2D eigenvalue weighted by Crippen LogP contribution is 2.29. The third kappa shape index (κ3) is 3.60. The van der Waals surface area contributed by atoms with Gasteiger partial charge in [-0.25, -0.2) is 9.82 Å². The number of methoxy groups -OCH3 is 2. The van der Waals surface area contributed by atoms with E-state index in [4.69, 9.17) is 9.47 Å². The van der Waals surface area contributed by atoms with E-state index in [1.165, 1.54) is 44.7 Å². The van der Waals surface area contributed by atoms with Crippen LogP contribution in [0.25, 0.3) is 0 Å². The Morgan fingerprint density at radius 2 is 1.86 bits per heavy atom. The Hall–Kier alpha value is -2.89. The summed E-state index contributed by atoms with van der Waals surface area (Å²) in [7, 11) is 3.06. The smallest absolute Gasteiger partial charge is 0.271 e. The Balaban J connectivity index is 2.09. The van der Waals surface area contributed by atoms with Gasteiger partial charge in [-0.1, -0.05) is 6.07 Å². The molecule has 0 radical (unpaired) electrons. The van der Waals surface area contributed by atoms with Gasteiger partial charge < -0.3 is 9.47 Å². The number of rotatable bonds is 5. The molecule has 0 bridgehead atoms. The van der Waals surface area contributed by atoms with Crippen LogP contribution in [0.1, 0.15) is 15.9 Å². The number of ether oxygens (including phenoxy) is 2. The maximum absolute atomic E-state index is 12.8. The molecular formula is C16H15FN2O3. The normalized spacial score (nSPS) is 10.5. The minimum absolute atomic E-state index is 0.316. The maximum atomic E-state index is 12.8. The zero-order valence-electron chi connectivity index (χ0n) is 12.2. The van der Waals surface area contributed by atoms with Crippen molar-refractivity contribution < 1.29 is 18.7 Å². The fraction of sp³-hybridized carbons (Fsp3) is 0.125. The van der Waals surface area contributed by atoms with Crippen molar-refractivity contribution in [2.24, 2.45) is 5.10 Å². The van der Waals surface area contributed by atoms with E-state index in [1.54, 1.807) is 18.2 Å². The van der Waals surface area contributed by atoms with Gasteiger partial charge in [0.25, 0.3) is 5.91 Å². The molecule has 0 aliphatic carbocycles. The highest BCUT2D eigenvalue weighted by molar-refractivity contribution is 5.95. The fourth-order valence-electron chi connectivity index (χ4n) is 1.84. The van der Waals surface area contributed by atoms with Gasteiger partial charge in [0, 0.05) is 11.1 Å². The van der Waals surface area contributed by atoms with Crippen molar-refractivity contribution in [2.75, 3.05) is 14.2 Å². The molecule has 0 heterocycles. The SMILES string of the molecule is COc1cccc(/C=N/NC(=O)c2ccc(F)cc2)c1OC. The lowest BCUT2D eigenvalue weighted by atomic mass is 10.2. The van der Waals surface area contributed by atoms with Gasteiger partial charge >= 0.3 is 0 Å². The maximum Gasteiger partial charge on any atom is 0.271 e. The number of hydrogen-bond donors (Lipinski definition) is 1. The first-order valence-electron chi connectivity index (χ1n) is 6.45. The number of carbonyl (C=O) groups excluding carboxylic acids is 1. The number of amides is 1. The van der Waals surface area contributed by atoms with Crippen molar-refractivity contribution in [1.29, 1.82) is 0 Å². The zero-order chi connectivity index (χ0) is 15.9. The van der Waals surface area contributed by atoms with Crippen molar-refractivity contribution in [1.82, 2.24) is 5.43 Å². The van der Waals surface area contributed by atoms with Crippen LogP contribution in [0.2, 0.25) is 0 Å². The predicted molar refractivity (Wildman–Crippen MR) is 81.0 cm³/mol. The van der Waals surface area contributed by atoms with Gasteiger partial charge in [-0.2, -0.15) is 5.10 Å².